The smallest absolute Gasteiger partial charge is 0.270 e. The van der Waals surface area contributed by atoms with Gasteiger partial charge in [-0.05, 0) is 58.4 Å². The molecule has 0 aliphatic rings. The van der Waals surface area contributed by atoms with Gasteiger partial charge in [-0.2, -0.15) is 5.10 Å². The van der Waals surface area contributed by atoms with E-state index >= 15 is 0 Å². The van der Waals surface area contributed by atoms with E-state index < -0.39 is 0 Å². The first-order chi connectivity index (χ1) is 11.7. The molecule has 0 aliphatic carbocycles. The van der Waals surface area contributed by atoms with Crippen LogP contribution < -0.4 is 5.32 Å². The normalized spacial score (nSPS) is 11.6. The Bertz CT molecular complexity index is 900. The van der Waals surface area contributed by atoms with Crippen molar-refractivity contribution in [3.63, 3.8) is 0 Å². The van der Waals surface area contributed by atoms with Gasteiger partial charge in [0.25, 0.3) is 5.91 Å². The molecule has 5 nitrogen and oxygen atoms in total. The lowest BCUT2D eigenvalue weighted by atomic mass is 10.1. The zero-order valence-electron chi connectivity index (χ0n) is 15.3. The molecule has 0 radical (unpaired) electrons. The van der Waals surface area contributed by atoms with Gasteiger partial charge in [-0.25, -0.2) is 4.68 Å². The second kappa shape index (κ2) is 6.24. The van der Waals surface area contributed by atoms with Crippen molar-refractivity contribution in [3.05, 3.63) is 59.5 Å². The fourth-order valence-corrected chi connectivity index (χ4v) is 2.72. The predicted octanol–water partition coefficient (Wildman–Crippen LogP) is 4.28. The summed E-state index contributed by atoms with van der Waals surface area (Å²) in [6, 6.07) is 11.5. The number of hydrogen-bond donors (Lipinski definition) is 1. The summed E-state index contributed by atoms with van der Waals surface area (Å²) < 4.78 is 7.13. The van der Waals surface area contributed by atoms with Crippen LogP contribution >= 0.6 is 0 Å². The molecule has 130 valence electrons. The number of carbonyl (C=O) groups is 1. The molecule has 1 amide bonds. The summed E-state index contributed by atoms with van der Waals surface area (Å²) >= 11 is 0. The van der Waals surface area contributed by atoms with Crippen LogP contribution in [-0.2, 0) is 0 Å². The maximum absolute atomic E-state index is 12.8. The zero-order chi connectivity index (χ0) is 18.2. The summed E-state index contributed by atoms with van der Waals surface area (Å²) in [7, 11) is 0. The summed E-state index contributed by atoms with van der Waals surface area (Å²) in [5.41, 5.74) is 3.87. The summed E-state index contributed by atoms with van der Waals surface area (Å²) in [6.45, 7) is 9.92. The highest BCUT2D eigenvalue weighted by Crippen LogP contribution is 2.24. The van der Waals surface area contributed by atoms with Crippen LogP contribution in [0.25, 0.3) is 17.1 Å². The van der Waals surface area contributed by atoms with Gasteiger partial charge in [0.1, 0.15) is 11.4 Å². The molecule has 25 heavy (non-hydrogen) atoms. The van der Waals surface area contributed by atoms with Crippen molar-refractivity contribution in [3.8, 4) is 17.1 Å². The lowest BCUT2D eigenvalue weighted by Crippen LogP contribution is -2.41. The first-order valence-corrected chi connectivity index (χ1v) is 8.29. The van der Waals surface area contributed by atoms with Gasteiger partial charge < -0.3 is 9.73 Å². The number of nitrogens with one attached hydrogen (secondary N) is 1. The molecule has 0 fully saturated rings. The average molecular weight is 337 g/mol. The molecule has 0 saturated heterocycles. The van der Waals surface area contributed by atoms with Gasteiger partial charge in [-0.1, -0.05) is 17.7 Å². The van der Waals surface area contributed by atoms with Crippen LogP contribution in [0.3, 0.4) is 0 Å². The summed E-state index contributed by atoms with van der Waals surface area (Å²) in [4.78, 5) is 12.8. The molecule has 0 unspecified atom stereocenters. The number of nitrogens with zero attached hydrogens (tertiary/aromatic N) is 2. The number of carbonyl (C=O) groups excluding carboxylic acids is 1. The van der Waals surface area contributed by atoms with Gasteiger partial charge in [0.05, 0.1) is 12.0 Å². The van der Waals surface area contributed by atoms with Gasteiger partial charge >= 0.3 is 0 Å². The molecule has 0 bridgehead atoms. The highest BCUT2D eigenvalue weighted by Gasteiger charge is 2.23. The quantitative estimate of drug-likeness (QED) is 0.776. The third kappa shape index (κ3) is 3.65. The third-order valence-corrected chi connectivity index (χ3v) is 3.78. The largest absolute Gasteiger partial charge is 0.463 e. The average Bonchev–Trinajstić information content (AvgIpc) is 3.14. The van der Waals surface area contributed by atoms with Gasteiger partial charge in [-0.3, -0.25) is 4.79 Å². The number of aryl methyl sites for hydroxylation is 2. The van der Waals surface area contributed by atoms with Crippen LogP contribution in [-0.4, -0.2) is 21.2 Å². The predicted molar refractivity (Wildman–Crippen MR) is 98.0 cm³/mol. The van der Waals surface area contributed by atoms with E-state index in [1.165, 1.54) is 5.56 Å². The number of benzene rings is 1. The minimum Gasteiger partial charge on any atom is -0.463 e. The Labute approximate surface area is 147 Å². The van der Waals surface area contributed by atoms with E-state index in [-0.39, 0.29) is 11.4 Å². The van der Waals surface area contributed by atoms with Crippen LogP contribution in [0.1, 0.15) is 42.4 Å². The van der Waals surface area contributed by atoms with Crippen molar-refractivity contribution >= 4 is 5.91 Å². The highest BCUT2D eigenvalue weighted by molar-refractivity contribution is 5.94. The summed E-state index contributed by atoms with van der Waals surface area (Å²) in [6.07, 6.45) is 1.60. The van der Waals surface area contributed by atoms with Gasteiger partial charge in [0.15, 0.2) is 5.76 Å². The number of rotatable bonds is 3. The van der Waals surface area contributed by atoms with E-state index in [4.69, 9.17) is 4.42 Å². The molecular formula is C20H23N3O2. The molecule has 3 aromatic rings. The topological polar surface area (TPSA) is 60.1 Å². The van der Waals surface area contributed by atoms with Crippen LogP contribution in [0.5, 0.6) is 0 Å². The van der Waals surface area contributed by atoms with Crippen molar-refractivity contribution < 1.29 is 9.21 Å². The zero-order valence-corrected chi connectivity index (χ0v) is 15.3. The summed E-state index contributed by atoms with van der Waals surface area (Å²) in [5, 5.41) is 7.63. The van der Waals surface area contributed by atoms with Gasteiger partial charge in [-0.15, -0.1) is 0 Å². The maximum Gasteiger partial charge on any atom is 0.270 e. The van der Waals surface area contributed by atoms with Crippen LogP contribution in [0.4, 0.5) is 0 Å². The van der Waals surface area contributed by atoms with Crippen molar-refractivity contribution in [2.75, 3.05) is 0 Å². The Balaban J connectivity index is 2.13. The first-order valence-electron chi connectivity index (χ1n) is 8.29. The van der Waals surface area contributed by atoms with Gasteiger partial charge in [0.2, 0.25) is 0 Å². The van der Waals surface area contributed by atoms with E-state index in [0.29, 0.717) is 17.1 Å². The maximum atomic E-state index is 12.8. The van der Waals surface area contributed by atoms with E-state index in [1.54, 1.807) is 23.1 Å². The SMILES string of the molecule is Cc1ccc(-n2nc(-c3ccco3)cc2C(=O)NC(C)(C)C)c(C)c1. The Kier molecular flexibility index (Phi) is 4.25. The van der Waals surface area contributed by atoms with Crippen molar-refractivity contribution in [2.24, 2.45) is 0 Å². The second-order valence-electron chi connectivity index (χ2n) is 7.30. The lowest BCUT2D eigenvalue weighted by molar-refractivity contribution is 0.0911. The van der Waals surface area contributed by atoms with E-state index in [2.05, 4.69) is 16.5 Å². The van der Waals surface area contributed by atoms with Gasteiger partial charge in [0, 0.05) is 11.6 Å². The first kappa shape index (κ1) is 17.0. The van der Waals surface area contributed by atoms with Crippen molar-refractivity contribution in [1.82, 2.24) is 15.1 Å². The molecule has 1 N–H and O–H groups in total. The number of furan rings is 1. The minimum atomic E-state index is -0.334. The Morgan fingerprint density at radius 1 is 1.16 bits per heavy atom. The Hall–Kier alpha value is -2.82. The molecule has 2 heterocycles. The third-order valence-electron chi connectivity index (χ3n) is 3.78. The van der Waals surface area contributed by atoms with Crippen molar-refractivity contribution in [2.45, 2.75) is 40.2 Å². The van der Waals surface area contributed by atoms with E-state index in [9.17, 15) is 4.79 Å². The Morgan fingerprint density at radius 3 is 2.52 bits per heavy atom. The molecule has 0 atom stereocenters. The second-order valence-corrected chi connectivity index (χ2v) is 7.30. The van der Waals surface area contributed by atoms with Crippen LogP contribution in [0, 0.1) is 13.8 Å². The minimum absolute atomic E-state index is 0.169. The number of hydrogen-bond acceptors (Lipinski definition) is 3. The molecule has 1 aromatic carbocycles. The number of aromatic nitrogens is 2. The molecule has 3 rings (SSSR count). The molecule has 5 heteroatoms. The Morgan fingerprint density at radius 2 is 1.92 bits per heavy atom. The molecule has 0 spiro atoms. The van der Waals surface area contributed by atoms with E-state index in [0.717, 1.165) is 11.3 Å². The van der Waals surface area contributed by atoms with Crippen LogP contribution in [0.15, 0.2) is 47.1 Å². The monoisotopic (exact) mass is 337 g/mol. The fraction of sp³-hybridized carbons (Fsp3) is 0.300. The highest BCUT2D eigenvalue weighted by atomic mass is 16.3. The molecule has 2 aromatic heterocycles. The van der Waals surface area contributed by atoms with Crippen LogP contribution in [0.2, 0.25) is 0 Å². The number of amides is 1. The molecule has 0 saturated carbocycles. The molecular weight excluding hydrogens is 314 g/mol. The van der Waals surface area contributed by atoms with Crippen molar-refractivity contribution in [1.29, 1.82) is 0 Å². The lowest BCUT2D eigenvalue weighted by Gasteiger charge is -2.21. The molecule has 0 aliphatic heterocycles. The standard InChI is InChI=1S/C20H23N3O2/c1-13-8-9-16(14(2)11-13)23-17(19(24)21-20(3,4)5)12-15(22-23)18-7-6-10-25-18/h6-12H,1-5H3,(H,21,24). The fourth-order valence-electron chi connectivity index (χ4n) is 2.72. The summed E-state index contributed by atoms with van der Waals surface area (Å²) in [5.74, 6) is 0.464. The van der Waals surface area contributed by atoms with E-state index in [1.807, 2.05) is 52.8 Å².